The van der Waals surface area contributed by atoms with Crippen molar-refractivity contribution in [1.29, 1.82) is 0 Å². The number of amides is 1. The van der Waals surface area contributed by atoms with Crippen LogP contribution in [0.15, 0.2) is 76.7 Å². The Morgan fingerprint density at radius 2 is 1.70 bits per heavy atom. The fourth-order valence-electron chi connectivity index (χ4n) is 3.95. The highest BCUT2D eigenvalue weighted by Gasteiger charge is 2.23. The number of aromatic nitrogens is 2. The maximum atomic E-state index is 13.1. The maximum Gasteiger partial charge on any atom is 0.293 e. The van der Waals surface area contributed by atoms with E-state index in [1.165, 1.54) is 4.90 Å². The van der Waals surface area contributed by atoms with Crippen molar-refractivity contribution in [1.82, 2.24) is 14.5 Å². The Morgan fingerprint density at radius 3 is 2.36 bits per heavy atom. The summed E-state index contributed by atoms with van der Waals surface area (Å²) >= 11 is 1.92. The molecule has 33 heavy (non-hydrogen) atoms. The molecule has 1 aliphatic heterocycles. The number of likely N-dealkylation sites (N-methyl/N-ethyl adjacent to an activating group) is 1. The second-order valence-electron chi connectivity index (χ2n) is 8.58. The molecule has 1 aromatic heterocycles. The lowest BCUT2D eigenvalue weighted by Crippen LogP contribution is -2.40. The Balaban J connectivity index is 1.38. The minimum Gasteiger partial charge on any atom is -0.352 e. The standard InChI is InChI=1S/C26H30N4O2S/c1-28(2)24(31)18-20-8-10-21(11-9-20)19-30-17-14-27-25(26(30)32)29-15-12-23(13-16-29)33-22-6-4-3-5-7-22/h3-11,14,17,23H,12-13,15-16,18-19H2,1-2H3. The van der Waals surface area contributed by atoms with Crippen molar-refractivity contribution in [2.75, 3.05) is 32.1 Å². The second-order valence-corrected chi connectivity index (χ2v) is 9.96. The molecule has 0 atom stereocenters. The van der Waals surface area contributed by atoms with Crippen molar-refractivity contribution in [2.24, 2.45) is 0 Å². The van der Waals surface area contributed by atoms with Crippen molar-refractivity contribution in [3.05, 3.63) is 88.5 Å². The van der Waals surface area contributed by atoms with Gasteiger partial charge in [-0.05, 0) is 36.1 Å². The molecule has 7 heteroatoms. The third-order valence-electron chi connectivity index (χ3n) is 5.91. The zero-order chi connectivity index (χ0) is 23.2. The third kappa shape index (κ3) is 6.05. The van der Waals surface area contributed by atoms with Crippen LogP contribution in [-0.2, 0) is 17.8 Å². The topological polar surface area (TPSA) is 58.4 Å². The van der Waals surface area contributed by atoms with Gasteiger partial charge in [-0.25, -0.2) is 4.98 Å². The Hall–Kier alpha value is -3.06. The molecule has 172 valence electrons. The Bertz CT molecular complexity index is 1120. The lowest BCUT2D eigenvalue weighted by Gasteiger charge is -2.32. The Labute approximate surface area is 199 Å². The molecular formula is C26H30N4O2S. The number of benzene rings is 2. The van der Waals surface area contributed by atoms with Gasteiger partial charge in [-0.1, -0.05) is 42.5 Å². The summed E-state index contributed by atoms with van der Waals surface area (Å²) in [7, 11) is 3.52. The van der Waals surface area contributed by atoms with Gasteiger partial charge in [0.15, 0.2) is 5.82 Å². The lowest BCUT2D eigenvalue weighted by molar-refractivity contribution is -0.127. The zero-order valence-electron chi connectivity index (χ0n) is 19.2. The van der Waals surface area contributed by atoms with Crippen LogP contribution in [0.4, 0.5) is 5.82 Å². The van der Waals surface area contributed by atoms with Crippen LogP contribution in [0.5, 0.6) is 0 Å². The Morgan fingerprint density at radius 1 is 1.03 bits per heavy atom. The minimum absolute atomic E-state index is 0.0569. The molecule has 6 nitrogen and oxygen atoms in total. The van der Waals surface area contributed by atoms with E-state index in [0.717, 1.165) is 37.1 Å². The van der Waals surface area contributed by atoms with Gasteiger partial charge in [-0.2, -0.15) is 0 Å². The predicted octanol–water partition coefficient (Wildman–Crippen LogP) is 3.68. The van der Waals surface area contributed by atoms with Crippen LogP contribution in [0.25, 0.3) is 0 Å². The average Bonchev–Trinajstić information content (AvgIpc) is 2.83. The first-order chi connectivity index (χ1) is 16.0. The summed E-state index contributed by atoms with van der Waals surface area (Å²) in [6.45, 7) is 2.16. The van der Waals surface area contributed by atoms with E-state index < -0.39 is 0 Å². The minimum atomic E-state index is -0.0569. The van der Waals surface area contributed by atoms with Crippen molar-refractivity contribution >= 4 is 23.5 Å². The van der Waals surface area contributed by atoms with E-state index in [1.807, 2.05) is 42.1 Å². The first-order valence-corrected chi connectivity index (χ1v) is 12.2. The largest absolute Gasteiger partial charge is 0.352 e. The van der Waals surface area contributed by atoms with E-state index >= 15 is 0 Å². The molecule has 0 saturated carbocycles. The van der Waals surface area contributed by atoms with Crippen molar-refractivity contribution < 1.29 is 4.79 Å². The molecule has 2 aromatic carbocycles. The normalized spacial score (nSPS) is 14.3. The summed E-state index contributed by atoms with van der Waals surface area (Å²) in [5.41, 5.74) is 1.93. The van der Waals surface area contributed by atoms with Crippen molar-refractivity contribution in [3.63, 3.8) is 0 Å². The molecule has 0 spiro atoms. The number of hydrogen-bond acceptors (Lipinski definition) is 5. The molecule has 1 saturated heterocycles. The molecule has 2 heterocycles. The molecule has 1 fully saturated rings. The highest BCUT2D eigenvalue weighted by atomic mass is 32.2. The van der Waals surface area contributed by atoms with Gasteiger partial charge in [0, 0.05) is 49.7 Å². The lowest BCUT2D eigenvalue weighted by atomic mass is 10.1. The number of nitrogens with zero attached hydrogens (tertiary/aromatic N) is 4. The summed E-state index contributed by atoms with van der Waals surface area (Å²) in [4.78, 5) is 34.5. The molecule has 0 unspecified atom stereocenters. The van der Waals surface area contributed by atoms with Crippen molar-refractivity contribution in [3.8, 4) is 0 Å². The third-order valence-corrected chi connectivity index (χ3v) is 7.26. The number of piperidine rings is 1. The molecule has 4 rings (SSSR count). The molecule has 0 N–H and O–H groups in total. The SMILES string of the molecule is CN(C)C(=O)Cc1ccc(Cn2ccnc(N3CCC(Sc4ccccc4)CC3)c2=O)cc1. The fourth-order valence-corrected chi connectivity index (χ4v) is 5.09. The van der Waals surface area contributed by atoms with E-state index in [2.05, 4.69) is 34.1 Å². The van der Waals surface area contributed by atoms with Crippen molar-refractivity contribution in [2.45, 2.75) is 36.0 Å². The van der Waals surface area contributed by atoms with Gasteiger partial charge in [-0.15, -0.1) is 11.8 Å². The number of anilines is 1. The fraction of sp³-hybridized carbons (Fsp3) is 0.346. The predicted molar refractivity (Wildman–Crippen MR) is 134 cm³/mol. The summed E-state index contributed by atoms with van der Waals surface area (Å²) in [5, 5.41) is 0.562. The van der Waals surface area contributed by atoms with E-state index in [4.69, 9.17) is 0 Å². The zero-order valence-corrected chi connectivity index (χ0v) is 20.0. The summed E-state index contributed by atoms with van der Waals surface area (Å²) in [6, 6.07) is 18.4. The molecular weight excluding hydrogens is 432 g/mol. The summed E-state index contributed by atoms with van der Waals surface area (Å²) < 4.78 is 1.72. The van der Waals surface area contributed by atoms with Gasteiger partial charge in [0.2, 0.25) is 5.91 Å². The highest BCUT2D eigenvalue weighted by molar-refractivity contribution is 8.00. The molecule has 1 amide bonds. The van der Waals surface area contributed by atoms with E-state index in [-0.39, 0.29) is 11.5 Å². The molecule has 3 aromatic rings. The van der Waals surface area contributed by atoms with Crippen LogP contribution in [0.3, 0.4) is 0 Å². The van der Waals surface area contributed by atoms with Gasteiger partial charge in [-0.3, -0.25) is 9.59 Å². The second kappa shape index (κ2) is 10.7. The Kier molecular flexibility index (Phi) is 7.50. The van der Waals surface area contributed by atoms with Gasteiger partial charge in [0.05, 0.1) is 13.0 Å². The smallest absolute Gasteiger partial charge is 0.293 e. The van der Waals surface area contributed by atoms with E-state index in [1.54, 1.807) is 36.0 Å². The van der Waals surface area contributed by atoms with Gasteiger partial charge < -0.3 is 14.4 Å². The highest BCUT2D eigenvalue weighted by Crippen LogP contribution is 2.30. The van der Waals surface area contributed by atoms with Crippen LogP contribution in [0.1, 0.15) is 24.0 Å². The summed E-state index contributed by atoms with van der Waals surface area (Å²) in [5.74, 6) is 0.609. The summed E-state index contributed by atoms with van der Waals surface area (Å²) in [6.07, 6.45) is 5.90. The van der Waals surface area contributed by atoms with Crippen LogP contribution in [-0.4, -0.2) is 52.8 Å². The van der Waals surface area contributed by atoms with Gasteiger partial charge in [0.25, 0.3) is 5.56 Å². The van der Waals surface area contributed by atoms with Crippen LogP contribution < -0.4 is 10.5 Å². The number of carbonyl (C=O) groups is 1. The number of carbonyl (C=O) groups excluding carboxylic acids is 1. The average molecular weight is 463 g/mol. The number of rotatable bonds is 7. The van der Waals surface area contributed by atoms with Crippen LogP contribution in [0, 0.1) is 0 Å². The van der Waals surface area contributed by atoms with Crippen LogP contribution >= 0.6 is 11.8 Å². The molecule has 0 radical (unpaired) electrons. The maximum absolute atomic E-state index is 13.1. The first-order valence-electron chi connectivity index (χ1n) is 11.3. The quantitative estimate of drug-likeness (QED) is 0.536. The first kappa shape index (κ1) is 23.1. The molecule has 0 bridgehead atoms. The molecule has 0 aliphatic carbocycles. The number of thioether (sulfide) groups is 1. The van der Waals surface area contributed by atoms with E-state index in [0.29, 0.717) is 24.0 Å². The number of hydrogen-bond donors (Lipinski definition) is 0. The van der Waals surface area contributed by atoms with Gasteiger partial charge in [0.1, 0.15) is 0 Å². The van der Waals surface area contributed by atoms with Gasteiger partial charge >= 0.3 is 0 Å². The van der Waals surface area contributed by atoms with Crippen LogP contribution in [0.2, 0.25) is 0 Å². The van der Waals surface area contributed by atoms with E-state index in [9.17, 15) is 9.59 Å². The molecule has 1 aliphatic rings. The monoisotopic (exact) mass is 462 g/mol.